The number of halogens is 3. The molecule has 1 N–H and O–H groups in total. The van der Waals surface area contributed by atoms with Crippen LogP contribution in [0.1, 0.15) is 38.3 Å². The Morgan fingerprint density at radius 1 is 1.13 bits per heavy atom. The van der Waals surface area contributed by atoms with Gasteiger partial charge in [0.2, 0.25) is 11.8 Å². The molecule has 0 heterocycles. The Kier molecular flexibility index (Phi) is 10.1. The zero-order valence-corrected chi connectivity index (χ0v) is 20.2. The van der Waals surface area contributed by atoms with E-state index in [0.717, 1.165) is 12.0 Å². The molecule has 2 aromatic rings. The zero-order chi connectivity index (χ0) is 23.0. The molecule has 2 rings (SSSR count). The Balaban J connectivity index is 2.11. The minimum Gasteiger partial charge on any atom is -0.352 e. The van der Waals surface area contributed by atoms with Crippen LogP contribution in [0.2, 0.25) is 10.0 Å². The summed E-state index contributed by atoms with van der Waals surface area (Å²) in [6.07, 6.45) is 0.794. The summed E-state index contributed by atoms with van der Waals surface area (Å²) in [5, 5.41) is 3.86. The van der Waals surface area contributed by atoms with Crippen molar-refractivity contribution in [2.45, 2.75) is 51.6 Å². The summed E-state index contributed by atoms with van der Waals surface area (Å²) in [6.45, 7) is 5.89. The van der Waals surface area contributed by atoms with Crippen LogP contribution in [-0.4, -0.2) is 34.6 Å². The van der Waals surface area contributed by atoms with Gasteiger partial charge in [0.15, 0.2) is 0 Å². The van der Waals surface area contributed by atoms with Gasteiger partial charge < -0.3 is 10.2 Å². The first-order valence-electron chi connectivity index (χ1n) is 10.1. The van der Waals surface area contributed by atoms with Gasteiger partial charge >= 0.3 is 0 Å². The van der Waals surface area contributed by atoms with Crippen LogP contribution in [0.4, 0.5) is 4.39 Å². The van der Waals surface area contributed by atoms with Crippen molar-refractivity contribution in [3.63, 3.8) is 0 Å². The molecule has 2 amide bonds. The van der Waals surface area contributed by atoms with Crippen LogP contribution in [0, 0.1) is 5.82 Å². The summed E-state index contributed by atoms with van der Waals surface area (Å²) in [5.41, 5.74) is 1.23. The first kappa shape index (κ1) is 25.5. The molecule has 0 aliphatic heterocycles. The van der Waals surface area contributed by atoms with Gasteiger partial charge in [-0.05, 0) is 50.1 Å². The number of benzene rings is 2. The first-order valence-corrected chi connectivity index (χ1v) is 12.0. The molecule has 0 saturated carbocycles. The topological polar surface area (TPSA) is 49.4 Å². The summed E-state index contributed by atoms with van der Waals surface area (Å²) in [6, 6.07) is 11.0. The molecule has 0 saturated heterocycles. The summed E-state index contributed by atoms with van der Waals surface area (Å²) < 4.78 is 14.0. The number of hydrogen-bond donors (Lipinski definition) is 1. The molecule has 0 bridgehead atoms. The van der Waals surface area contributed by atoms with Crippen LogP contribution in [0.5, 0.6) is 0 Å². The van der Waals surface area contributed by atoms with Gasteiger partial charge in [-0.15, -0.1) is 11.8 Å². The standard InChI is InChI=1S/C23H27Cl2FN2O2S/c1-4-15(2)27-23(30)16(3)28(12-17-8-10-18(24)11-9-17)22(29)14-31-13-19-20(25)6-5-7-21(19)26/h5-11,15-16H,4,12-14H2,1-3H3,(H,27,30)/t15-,16+/m1/s1. The van der Waals surface area contributed by atoms with Gasteiger partial charge in [-0.1, -0.05) is 48.3 Å². The van der Waals surface area contributed by atoms with Crippen molar-refractivity contribution in [1.82, 2.24) is 10.2 Å². The lowest BCUT2D eigenvalue weighted by Gasteiger charge is -2.29. The average Bonchev–Trinajstić information content (AvgIpc) is 2.74. The van der Waals surface area contributed by atoms with E-state index >= 15 is 0 Å². The van der Waals surface area contributed by atoms with Crippen LogP contribution < -0.4 is 5.32 Å². The van der Waals surface area contributed by atoms with Gasteiger partial charge in [-0.25, -0.2) is 4.39 Å². The molecule has 31 heavy (non-hydrogen) atoms. The van der Waals surface area contributed by atoms with Crippen molar-refractivity contribution in [2.75, 3.05) is 5.75 Å². The lowest BCUT2D eigenvalue weighted by atomic mass is 10.1. The molecule has 0 aliphatic carbocycles. The molecule has 2 aromatic carbocycles. The highest BCUT2D eigenvalue weighted by Crippen LogP contribution is 2.24. The number of amides is 2. The smallest absolute Gasteiger partial charge is 0.242 e. The monoisotopic (exact) mass is 484 g/mol. The molecule has 2 atom stereocenters. The maximum absolute atomic E-state index is 14.0. The Labute approximate surface area is 197 Å². The Morgan fingerprint density at radius 3 is 2.42 bits per heavy atom. The number of carbonyl (C=O) groups excluding carboxylic acids is 2. The fourth-order valence-electron chi connectivity index (χ4n) is 2.83. The predicted molar refractivity (Wildman–Crippen MR) is 127 cm³/mol. The summed E-state index contributed by atoms with van der Waals surface area (Å²) in [4.78, 5) is 27.3. The highest BCUT2D eigenvalue weighted by atomic mass is 35.5. The number of rotatable bonds is 10. The second kappa shape index (κ2) is 12.3. The fourth-order valence-corrected chi connectivity index (χ4v) is 4.20. The van der Waals surface area contributed by atoms with Crippen LogP contribution in [0.25, 0.3) is 0 Å². The van der Waals surface area contributed by atoms with E-state index in [1.165, 1.54) is 22.7 Å². The molecule has 0 spiro atoms. The molecule has 4 nitrogen and oxygen atoms in total. The van der Waals surface area contributed by atoms with Crippen molar-refractivity contribution in [3.8, 4) is 0 Å². The second-order valence-electron chi connectivity index (χ2n) is 7.33. The van der Waals surface area contributed by atoms with E-state index in [1.54, 1.807) is 31.2 Å². The fraction of sp³-hybridized carbons (Fsp3) is 0.391. The minimum atomic E-state index is -0.658. The highest BCUT2D eigenvalue weighted by Gasteiger charge is 2.26. The van der Waals surface area contributed by atoms with Crippen molar-refractivity contribution in [3.05, 3.63) is 69.5 Å². The van der Waals surface area contributed by atoms with Crippen molar-refractivity contribution in [2.24, 2.45) is 0 Å². The van der Waals surface area contributed by atoms with Crippen molar-refractivity contribution >= 4 is 46.8 Å². The normalized spacial score (nSPS) is 12.8. The van der Waals surface area contributed by atoms with E-state index in [2.05, 4.69) is 5.32 Å². The van der Waals surface area contributed by atoms with Gasteiger partial charge in [0.05, 0.1) is 5.75 Å². The van der Waals surface area contributed by atoms with Gasteiger partial charge in [0, 0.05) is 33.9 Å². The molecule has 8 heteroatoms. The third kappa shape index (κ3) is 7.70. The van der Waals surface area contributed by atoms with E-state index in [9.17, 15) is 14.0 Å². The number of thioether (sulfide) groups is 1. The quantitative estimate of drug-likeness (QED) is 0.470. The molecule has 0 radical (unpaired) electrons. The first-order chi connectivity index (χ1) is 14.7. The van der Waals surface area contributed by atoms with Crippen LogP contribution >= 0.6 is 35.0 Å². The summed E-state index contributed by atoms with van der Waals surface area (Å²) in [7, 11) is 0. The third-order valence-electron chi connectivity index (χ3n) is 4.97. The maximum Gasteiger partial charge on any atom is 0.242 e. The third-order valence-corrected chi connectivity index (χ3v) is 6.52. The van der Waals surface area contributed by atoms with Gasteiger partial charge in [-0.3, -0.25) is 9.59 Å². The average molecular weight is 485 g/mol. The van der Waals surface area contributed by atoms with Crippen molar-refractivity contribution in [1.29, 1.82) is 0 Å². The predicted octanol–water partition coefficient (Wildman–Crippen LogP) is 5.70. The molecule has 0 unspecified atom stereocenters. The molecular weight excluding hydrogens is 458 g/mol. The minimum absolute atomic E-state index is 0.0139. The Hall–Kier alpha value is -1.76. The van der Waals surface area contributed by atoms with Crippen LogP contribution in [0.3, 0.4) is 0 Å². The zero-order valence-electron chi connectivity index (χ0n) is 17.8. The van der Waals surface area contributed by atoms with Gasteiger partial charge in [0.1, 0.15) is 11.9 Å². The number of nitrogens with zero attached hydrogens (tertiary/aromatic N) is 1. The number of nitrogens with one attached hydrogen (secondary N) is 1. The molecule has 0 aromatic heterocycles. The summed E-state index contributed by atoms with van der Waals surface area (Å²) >= 11 is 13.3. The highest BCUT2D eigenvalue weighted by molar-refractivity contribution is 7.99. The van der Waals surface area contributed by atoms with Crippen LogP contribution in [0.15, 0.2) is 42.5 Å². The number of hydrogen-bond acceptors (Lipinski definition) is 3. The Bertz CT molecular complexity index is 875. The van der Waals surface area contributed by atoms with Crippen LogP contribution in [-0.2, 0) is 21.9 Å². The summed E-state index contributed by atoms with van der Waals surface area (Å²) in [5.74, 6) is -0.455. The second-order valence-corrected chi connectivity index (χ2v) is 9.16. The number of carbonyl (C=O) groups is 2. The maximum atomic E-state index is 14.0. The molecular formula is C23H27Cl2FN2O2S. The van der Waals surface area contributed by atoms with E-state index in [4.69, 9.17) is 23.2 Å². The lowest BCUT2D eigenvalue weighted by Crippen LogP contribution is -2.50. The Morgan fingerprint density at radius 2 is 1.81 bits per heavy atom. The SMILES string of the molecule is CC[C@@H](C)NC(=O)[C@H](C)N(Cc1ccc(Cl)cc1)C(=O)CSCc1c(F)cccc1Cl. The van der Waals surface area contributed by atoms with E-state index in [-0.39, 0.29) is 35.9 Å². The van der Waals surface area contributed by atoms with E-state index < -0.39 is 11.9 Å². The molecule has 0 fully saturated rings. The van der Waals surface area contributed by atoms with E-state index in [0.29, 0.717) is 15.6 Å². The van der Waals surface area contributed by atoms with Gasteiger partial charge in [0.25, 0.3) is 0 Å². The lowest BCUT2D eigenvalue weighted by molar-refractivity contribution is -0.138. The largest absolute Gasteiger partial charge is 0.352 e. The van der Waals surface area contributed by atoms with E-state index in [1.807, 2.05) is 26.0 Å². The van der Waals surface area contributed by atoms with Crippen molar-refractivity contribution < 1.29 is 14.0 Å². The van der Waals surface area contributed by atoms with Gasteiger partial charge in [-0.2, -0.15) is 0 Å². The molecule has 168 valence electrons. The molecule has 0 aliphatic rings.